The second-order valence-corrected chi connectivity index (χ2v) is 7.36. The molecule has 1 aromatic carbocycles. The molecular weight excluding hydrogens is 314 g/mol. The topological polar surface area (TPSA) is 84.1 Å². The zero-order valence-electron chi connectivity index (χ0n) is 14.1. The molecule has 0 radical (unpaired) electrons. The quantitative estimate of drug-likeness (QED) is 0.846. The largest absolute Gasteiger partial charge is 0.496 e. The molecule has 0 aliphatic rings. The average Bonchev–Trinajstić information content (AvgIpc) is 2.82. The third-order valence-corrected chi connectivity index (χ3v) is 5.64. The first-order valence-corrected chi connectivity index (χ1v) is 8.90. The van der Waals surface area contributed by atoms with Gasteiger partial charge in [-0.3, -0.25) is 5.10 Å². The smallest absolute Gasteiger partial charge is 0.244 e. The van der Waals surface area contributed by atoms with Gasteiger partial charge in [0.15, 0.2) is 0 Å². The molecule has 0 spiro atoms. The van der Waals surface area contributed by atoms with Crippen LogP contribution in [0.4, 0.5) is 0 Å². The van der Waals surface area contributed by atoms with Gasteiger partial charge in [0, 0.05) is 6.54 Å². The van der Waals surface area contributed by atoms with Gasteiger partial charge >= 0.3 is 0 Å². The lowest BCUT2D eigenvalue weighted by atomic mass is 10.0. The van der Waals surface area contributed by atoms with Gasteiger partial charge in [0.1, 0.15) is 10.6 Å². The van der Waals surface area contributed by atoms with Gasteiger partial charge in [0.25, 0.3) is 0 Å². The molecule has 7 heteroatoms. The SMILES string of the molecule is COc1cc(C)c(C)cc1CCNS(=O)(=O)c1c(C)n[nH]c1C. The van der Waals surface area contributed by atoms with E-state index in [-0.39, 0.29) is 4.90 Å². The van der Waals surface area contributed by atoms with Crippen LogP contribution in [0.1, 0.15) is 28.1 Å². The van der Waals surface area contributed by atoms with E-state index in [1.54, 1.807) is 21.0 Å². The first-order chi connectivity index (χ1) is 10.8. The van der Waals surface area contributed by atoms with Gasteiger partial charge in [-0.1, -0.05) is 6.07 Å². The van der Waals surface area contributed by atoms with Crippen LogP contribution in [0, 0.1) is 27.7 Å². The van der Waals surface area contributed by atoms with Crippen LogP contribution in [0.15, 0.2) is 17.0 Å². The van der Waals surface area contributed by atoms with Gasteiger partial charge in [-0.05, 0) is 56.9 Å². The third-order valence-electron chi connectivity index (χ3n) is 3.91. The first-order valence-electron chi connectivity index (χ1n) is 7.41. The Kier molecular flexibility index (Phi) is 5.11. The van der Waals surface area contributed by atoms with E-state index >= 15 is 0 Å². The molecule has 2 rings (SSSR count). The lowest BCUT2D eigenvalue weighted by Crippen LogP contribution is -2.27. The van der Waals surface area contributed by atoms with Crippen molar-refractivity contribution in [2.75, 3.05) is 13.7 Å². The van der Waals surface area contributed by atoms with Crippen molar-refractivity contribution in [1.82, 2.24) is 14.9 Å². The van der Waals surface area contributed by atoms with Crippen molar-refractivity contribution >= 4 is 10.0 Å². The highest BCUT2D eigenvalue weighted by molar-refractivity contribution is 7.89. The number of nitrogens with zero attached hydrogens (tertiary/aromatic N) is 1. The Hall–Kier alpha value is -1.86. The molecule has 2 N–H and O–H groups in total. The van der Waals surface area contributed by atoms with E-state index in [1.165, 1.54) is 0 Å². The molecule has 0 unspecified atom stereocenters. The standard InChI is InChI=1S/C16H23N3O3S/c1-10-8-14(15(22-5)9-11(10)2)6-7-17-23(20,21)16-12(3)18-19-13(16)4/h8-9,17H,6-7H2,1-5H3,(H,18,19). The third kappa shape index (κ3) is 3.73. The van der Waals surface area contributed by atoms with Gasteiger partial charge < -0.3 is 4.74 Å². The van der Waals surface area contributed by atoms with Gasteiger partial charge in [-0.15, -0.1) is 0 Å². The Morgan fingerprint density at radius 1 is 1.17 bits per heavy atom. The van der Waals surface area contributed by atoms with Crippen molar-refractivity contribution in [2.45, 2.75) is 39.0 Å². The number of methoxy groups -OCH3 is 1. The fourth-order valence-corrected chi connectivity index (χ4v) is 3.96. The highest BCUT2D eigenvalue weighted by atomic mass is 32.2. The number of nitrogens with one attached hydrogen (secondary N) is 2. The van der Waals surface area contributed by atoms with Crippen LogP contribution in [0.2, 0.25) is 0 Å². The number of rotatable bonds is 6. The summed E-state index contributed by atoms with van der Waals surface area (Å²) in [7, 11) is -1.95. The Morgan fingerprint density at radius 2 is 1.83 bits per heavy atom. The summed E-state index contributed by atoms with van der Waals surface area (Å²) in [6.45, 7) is 7.71. The minimum absolute atomic E-state index is 0.226. The molecule has 0 amide bonds. The van der Waals surface area contributed by atoms with Crippen LogP contribution in [0.25, 0.3) is 0 Å². The monoisotopic (exact) mass is 337 g/mol. The maximum Gasteiger partial charge on any atom is 0.244 e. The highest BCUT2D eigenvalue weighted by Crippen LogP contribution is 2.23. The van der Waals surface area contributed by atoms with Gasteiger partial charge in [-0.25, -0.2) is 13.1 Å². The molecule has 0 bridgehead atoms. The Labute approximate surface area is 137 Å². The number of H-pyrrole nitrogens is 1. The molecule has 0 saturated heterocycles. The second-order valence-electron chi connectivity index (χ2n) is 5.66. The summed E-state index contributed by atoms with van der Waals surface area (Å²) in [5.41, 5.74) is 4.30. The molecule has 1 aromatic heterocycles. The number of aromatic amines is 1. The summed E-state index contributed by atoms with van der Waals surface area (Å²) in [4.78, 5) is 0.226. The predicted molar refractivity (Wildman–Crippen MR) is 89.4 cm³/mol. The van der Waals surface area contributed by atoms with Crippen molar-refractivity contribution < 1.29 is 13.2 Å². The molecule has 1 heterocycles. The summed E-state index contributed by atoms with van der Waals surface area (Å²) >= 11 is 0. The van der Waals surface area contributed by atoms with Crippen molar-refractivity contribution in [3.63, 3.8) is 0 Å². The van der Waals surface area contributed by atoms with Crippen LogP contribution in [-0.4, -0.2) is 32.3 Å². The van der Waals surface area contributed by atoms with Crippen molar-refractivity contribution in [2.24, 2.45) is 0 Å². The van der Waals surface area contributed by atoms with E-state index in [4.69, 9.17) is 4.74 Å². The molecule has 0 atom stereocenters. The summed E-state index contributed by atoms with van der Waals surface area (Å²) in [5.74, 6) is 0.781. The van der Waals surface area contributed by atoms with E-state index in [0.29, 0.717) is 24.4 Å². The van der Waals surface area contributed by atoms with Crippen LogP contribution >= 0.6 is 0 Å². The van der Waals surface area contributed by atoms with Crippen molar-refractivity contribution in [1.29, 1.82) is 0 Å². The van der Waals surface area contributed by atoms with Crippen LogP contribution < -0.4 is 9.46 Å². The van der Waals surface area contributed by atoms with E-state index < -0.39 is 10.0 Å². The average molecular weight is 337 g/mol. The van der Waals surface area contributed by atoms with Crippen LogP contribution in [-0.2, 0) is 16.4 Å². The molecule has 23 heavy (non-hydrogen) atoms. The van der Waals surface area contributed by atoms with Gasteiger partial charge in [0.2, 0.25) is 10.0 Å². The predicted octanol–water partition coefficient (Wildman–Crippen LogP) is 2.17. The van der Waals surface area contributed by atoms with Crippen LogP contribution in [0.5, 0.6) is 5.75 Å². The summed E-state index contributed by atoms with van der Waals surface area (Å²) in [6, 6.07) is 4.01. The second kappa shape index (κ2) is 6.72. The first kappa shape index (κ1) is 17.5. The summed E-state index contributed by atoms with van der Waals surface area (Å²) in [5, 5.41) is 6.63. The highest BCUT2D eigenvalue weighted by Gasteiger charge is 2.21. The Morgan fingerprint density at radius 3 is 2.39 bits per heavy atom. The fourth-order valence-electron chi connectivity index (χ4n) is 2.56. The zero-order chi connectivity index (χ0) is 17.2. The summed E-state index contributed by atoms with van der Waals surface area (Å²) in [6.07, 6.45) is 0.555. The number of aryl methyl sites for hydroxylation is 4. The molecule has 0 saturated carbocycles. The molecule has 6 nitrogen and oxygen atoms in total. The lowest BCUT2D eigenvalue weighted by molar-refractivity contribution is 0.409. The zero-order valence-corrected chi connectivity index (χ0v) is 15.0. The van der Waals surface area contributed by atoms with E-state index in [9.17, 15) is 8.42 Å². The number of hydrogen-bond acceptors (Lipinski definition) is 4. The van der Waals surface area contributed by atoms with Crippen molar-refractivity contribution in [3.05, 3.63) is 40.2 Å². The summed E-state index contributed by atoms with van der Waals surface area (Å²) < 4.78 is 32.8. The van der Waals surface area contributed by atoms with Crippen LogP contribution in [0.3, 0.4) is 0 Å². The van der Waals surface area contributed by atoms with Crippen molar-refractivity contribution in [3.8, 4) is 5.75 Å². The van der Waals surface area contributed by atoms with E-state index in [1.807, 2.05) is 26.0 Å². The van der Waals surface area contributed by atoms with E-state index in [0.717, 1.165) is 22.4 Å². The number of sulfonamides is 1. The molecule has 0 aliphatic carbocycles. The molecule has 0 fully saturated rings. The number of ether oxygens (including phenoxy) is 1. The van der Waals surface area contributed by atoms with Gasteiger partial charge in [-0.2, -0.15) is 5.10 Å². The minimum atomic E-state index is -3.57. The Balaban J connectivity index is 2.12. The molecule has 2 aromatic rings. The number of benzene rings is 1. The Bertz CT molecular complexity index is 791. The number of hydrogen-bond donors (Lipinski definition) is 2. The molecule has 126 valence electrons. The fraction of sp³-hybridized carbons (Fsp3) is 0.438. The molecular formula is C16H23N3O3S. The maximum absolute atomic E-state index is 12.4. The normalized spacial score (nSPS) is 11.7. The molecule has 0 aliphatic heterocycles. The minimum Gasteiger partial charge on any atom is -0.496 e. The van der Waals surface area contributed by atoms with E-state index in [2.05, 4.69) is 14.9 Å². The van der Waals surface area contributed by atoms with Gasteiger partial charge in [0.05, 0.1) is 18.5 Å². The maximum atomic E-state index is 12.4. The lowest BCUT2D eigenvalue weighted by Gasteiger charge is -2.12. The number of aromatic nitrogens is 2.